The second-order valence-electron chi connectivity index (χ2n) is 9.37. The van der Waals surface area contributed by atoms with Crippen molar-refractivity contribution in [1.82, 2.24) is 4.90 Å². The van der Waals surface area contributed by atoms with Crippen molar-refractivity contribution in [1.29, 1.82) is 0 Å². The molecular weight excluding hydrogens is 326 g/mol. The van der Waals surface area contributed by atoms with Crippen molar-refractivity contribution in [3.63, 3.8) is 0 Å². The summed E-state index contributed by atoms with van der Waals surface area (Å²) in [6, 6.07) is 0. The Morgan fingerprint density at radius 2 is 1.67 bits per heavy atom. The fraction of sp³-hybridized carbons (Fsp3) is 0.882. The molecule has 0 aliphatic carbocycles. The number of carbonyl (C=O) groups is 2. The summed E-state index contributed by atoms with van der Waals surface area (Å²) in [6.45, 7) is 17.8. The van der Waals surface area contributed by atoms with Gasteiger partial charge in [-0.3, -0.25) is 4.90 Å². The normalized spacial score (nSPS) is 25.7. The molecule has 1 aliphatic rings. The molecule has 2 atom stereocenters. The highest BCUT2D eigenvalue weighted by molar-refractivity contribution is 6.74. The zero-order chi connectivity index (χ0) is 19.1. The molecule has 0 aromatic heterocycles. The number of carboxylic acid groups (broad SMARTS) is 1. The molecule has 1 amide bonds. The highest BCUT2D eigenvalue weighted by atomic mass is 28.4. The fourth-order valence-electron chi connectivity index (χ4n) is 2.49. The summed E-state index contributed by atoms with van der Waals surface area (Å²) in [5.74, 6) is -1.03. The van der Waals surface area contributed by atoms with E-state index in [0.29, 0.717) is 0 Å². The number of nitrogens with zero attached hydrogens (tertiary/aromatic N) is 1. The number of likely N-dealkylation sites (tertiary alicyclic amines) is 1. The van der Waals surface area contributed by atoms with Gasteiger partial charge >= 0.3 is 12.1 Å². The molecule has 0 spiro atoms. The van der Waals surface area contributed by atoms with Crippen LogP contribution in [0.5, 0.6) is 0 Å². The van der Waals surface area contributed by atoms with E-state index in [1.165, 1.54) is 4.90 Å². The molecule has 0 aromatic rings. The van der Waals surface area contributed by atoms with E-state index in [1.807, 2.05) is 0 Å². The monoisotopic (exact) mass is 359 g/mol. The Kier molecular flexibility index (Phi) is 5.53. The molecule has 24 heavy (non-hydrogen) atoms. The van der Waals surface area contributed by atoms with E-state index in [1.54, 1.807) is 27.7 Å². The van der Waals surface area contributed by atoms with Crippen LogP contribution >= 0.6 is 0 Å². The zero-order valence-corrected chi connectivity index (χ0v) is 17.5. The standard InChI is InChI=1S/C17H33NO5Si/c1-15(2,3)22-14(21)18-11-12(10-17(18,7)13(19)20)23-24(8,9)16(4,5)6/h12H,10-11H2,1-9H3,(H,19,20)/t12-,17-/m0/s1. The second kappa shape index (κ2) is 6.33. The number of aliphatic carboxylic acids is 1. The van der Waals surface area contributed by atoms with Gasteiger partial charge in [0.2, 0.25) is 0 Å². The first-order valence-electron chi connectivity index (χ1n) is 8.41. The van der Waals surface area contributed by atoms with Gasteiger partial charge in [0.05, 0.1) is 12.6 Å². The highest BCUT2D eigenvalue weighted by Crippen LogP contribution is 2.41. The van der Waals surface area contributed by atoms with Crippen LogP contribution in [0.2, 0.25) is 18.1 Å². The van der Waals surface area contributed by atoms with Crippen LogP contribution < -0.4 is 0 Å². The van der Waals surface area contributed by atoms with Gasteiger partial charge in [0.15, 0.2) is 8.32 Å². The minimum atomic E-state index is -2.05. The molecule has 1 saturated heterocycles. The first-order valence-corrected chi connectivity index (χ1v) is 11.3. The van der Waals surface area contributed by atoms with Crippen LogP contribution in [0.25, 0.3) is 0 Å². The zero-order valence-electron chi connectivity index (χ0n) is 16.5. The summed E-state index contributed by atoms with van der Waals surface area (Å²) >= 11 is 0. The summed E-state index contributed by atoms with van der Waals surface area (Å²) in [4.78, 5) is 25.6. The summed E-state index contributed by atoms with van der Waals surface area (Å²) in [6.07, 6.45) is -0.623. The Balaban J connectivity index is 3.01. The van der Waals surface area contributed by atoms with Gasteiger partial charge in [0, 0.05) is 6.42 Å². The number of rotatable bonds is 3. The lowest BCUT2D eigenvalue weighted by atomic mass is 9.99. The highest BCUT2D eigenvalue weighted by Gasteiger charge is 2.53. The van der Waals surface area contributed by atoms with Gasteiger partial charge in [-0.05, 0) is 45.8 Å². The van der Waals surface area contributed by atoms with Crippen LogP contribution in [-0.4, -0.2) is 54.2 Å². The second-order valence-corrected chi connectivity index (χ2v) is 14.1. The van der Waals surface area contributed by atoms with Crippen molar-refractivity contribution in [2.45, 2.75) is 90.3 Å². The SMILES string of the molecule is CC(C)(C)OC(=O)N1C[C@@H](O[Si](C)(C)C(C)(C)C)C[C@@]1(C)C(=O)O. The van der Waals surface area contributed by atoms with Crippen molar-refractivity contribution in [3.8, 4) is 0 Å². The number of ether oxygens (including phenoxy) is 1. The van der Waals surface area contributed by atoms with Crippen LogP contribution in [-0.2, 0) is 14.0 Å². The predicted octanol–water partition coefficient (Wildman–Crippen LogP) is 3.86. The van der Waals surface area contributed by atoms with Gasteiger partial charge in [0.25, 0.3) is 0 Å². The number of hydrogen-bond donors (Lipinski definition) is 1. The Bertz CT molecular complexity index is 506. The van der Waals surface area contributed by atoms with E-state index in [9.17, 15) is 14.7 Å². The van der Waals surface area contributed by atoms with Crippen LogP contribution in [0.3, 0.4) is 0 Å². The number of hydrogen-bond acceptors (Lipinski definition) is 4. The largest absolute Gasteiger partial charge is 0.480 e. The van der Waals surface area contributed by atoms with E-state index in [-0.39, 0.29) is 24.1 Å². The first kappa shape index (κ1) is 21.0. The third-order valence-corrected chi connectivity index (χ3v) is 9.48. The van der Waals surface area contributed by atoms with E-state index >= 15 is 0 Å². The Labute approximate surface area is 146 Å². The van der Waals surface area contributed by atoms with Gasteiger partial charge in [-0.25, -0.2) is 9.59 Å². The Morgan fingerprint density at radius 3 is 2.04 bits per heavy atom. The summed E-state index contributed by atoms with van der Waals surface area (Å²) in [5.41, 5.74) is -1.98. The lowest BCUT2D eigenvalue weighted by Gasteiger charge is -2.38. The van der Waals surface area contributed by atoms with Crippen molar-refractivity contribution in [2.24, 2.45) is 0 Å². The Hall–Kier alpha value is -1.08. The van der Waals surface area contributed by atoms with Gasteiger partial charge < -0.3 is 14.3 Å². The van der Waals surface area contributed by atoms with E-state index in [4.69, 9.17) is 9.16 Å². The smallest absolute Gasteiger partial charge is 0.411 e. The van der Waals surface area contributed by atoms with Crippen LogP contribution in [0.4, 0.5) is 4.79 Å². The Morgan fingerprint density at radius 1 is 1.17 bits per heavy atom. The molecule has 0 radical (unpaired) electrons. The van der Waals surface area contributed by atoms with Crippen molar-refractivity contribution in [2.75, 3.05) is 6.54 Å². The maximum Gasteiger partial charge on any atom is 0.411 e. The summed E-state index contributed by atoms with van der Waals surface area (Å²) < 4.78 is 11.7. The molecule has 140 valence electrons. The average Bonchev–Trinajstić information content (AvgIpc) is 2.63. The molecular formula is C17H33NO5Si. The molecule has 0 bridgehead atoms. The maximum atomic E-state index is 12.5. The molecule has 0 unspecified atom stereocenters. The molecule has 6 nitrogen and oxygen atoms in total. The molecule has 0 aromatic carbocycles. The quantitative estimate of drug-likeness (QED) is 0.774. The van der Waals surface area contributed by atoms with Crippen molar-refractivity contribution < 1.29 is 23.9 Å². The molecule has 0 saturated carbocycles. The molecule has 1 aliphatic heterocycles. The number of carbonyl (C=O) groups excluding carboxylic acids is 1. The third-order valence-electron chi connectivity index (χ3n) is 4.95. The van der Waals surface area contributed by atoms with Crippen molar-refractivity contribution >= 4 is 20.4 Å². The van der Waals surface area contributed by atoms with Crippen molar-refractivity contribution in [3.05, 3.63) is 0 Å². The summed E-state index contributed by atoms with van der Waals surface area (Å²) in [7, 11) is -2.05. The van der Waals surface area contributed by atoms with Gasteiger partial charge in [-0.15, -0.1) is 0 Å². The minimum absolute atomic E-state index is 0.0198. The third kappa shape index (κ3) is 4.50. The number of carboxylic acids is 1. The van der Waals surface area contributed by atoms with E-state index in [2.05, 4.69) is 33.9 Å². The van der Waals surface area contributed by atoms with Gasteiger partial charge in [-0.1, -0.05) is 20.8 Å². The molecule has 7 heteroatoms. The van der Waals surface area contributed by atoms with Crippen LogP contribution in [0.15, 0.2) is 0 Å². The predicted molar refractivity (Wildman–Crippen MR) is 95.7 cm³/mol. The lowest BCUT2D eigenvalue weighted by molar-refractivity contribution is -0.148. The topological polar surface area (TPSA) is 76.1 Å². The lowest BCUT2D eigenvalue weighted by Crippen LogP contribution is -2.52. The number of amides is 1. The fourth-order valence-corrected chi connectivity index (χ4v) is 3.84. The van der Waals surface area contributed by atoms with E-state index in [0.717, 1.165) is 0 Å². The molecule has 1 N–H and O–H groups in total. The van der Waals surface area contributed by atoms with Crippen LogP contribution in [0, 0.1) is 0 Å². The van der Waals surface area contributed by atoms with Gasteiger partial charge in [-0.2, -0.15) is 0 Å². The van der Waals surface area contributed by atoms with E-state index < -0.39 is 31.5 Å². The molecule has 1 rings (SSSR count). The molecule has 1 heterocycles. The van der Waals surface area contributed by atoms with Gasteiger partial charge in [0.1, 0.15) is 11.1 Å². The molecule has 1 fully saturated rings. The maximum absolute atomic E-state index is 12.5. The van der Waals surface area contributed by atoms with Crippen LogP contribution in [0.1, 0.15) is 54.9 Å². The minimum Gasteiger partial charge on any atom is -0.480 e. The first-order chi connectivity index (χ1) is 10.5. The average molecular weight is 360 g/mol. The summed E-state index contributed by atoms with van der Waals surface area (Å²) in [5, 5.41) is 9.69.